The first-order chi connectivity index (χ1) is 10.3. The van der Waals surface area contributed by atoms with E-state index in [9.17, 15) is 4.79 Å². The largest absolute Gasteiger partial charge is 0.349 e. The third-order valence-electron chi connectivity index (χ3n) is 3.52. The molecule has 1 atom stereocenters. The van der Waals surface area contributed by atoms with Crippen molar-refractivity contribution < 1.29 is 4.79 Å². The molecular formula is C14H19N5OS. The minimum atomic E-state index is -0.367. The van der Waals surface area contributed by atoms with Crippen LogP contribution in [0.15, 0.2) is 11.7 Å². The number of carbonyl (C=O) groups excluding carboxylic acids is 1. The number of nitrogens with zero attached hydrogens (tertiary/aromatic N) is 2. The highest BCUT2D eigenvalue weighted by molar-refractivity contribution is 7.09. The van der Waals surface area contributed by atoms with E-state index in [-0.39, 0.29) is 11.9 Å². The average Bonchev–Trinajstić information content (AvgIpc) is 3.13. The second-order valence-electron chi connectivity index (χ2n) is 5.10. The molecule has 2 aromatic rings. The number of thiazole rings is 1. The van der Waals surface area contributed by atoms with Crippen LogP contribution in [-0.2, 0) is 24.2 Å². The van der Waals surface area contributed by atoms with Crippen LogP contribution in [0.3, 0.4) is 0 Å². The van der Waals surface area contributed by atoms with Gasteiger partial charge in [-0.2, -0.15) is 0 Å². The number of fused-ring (bicyclic) bond motifs is 1. The van der Waals surface area contributed by atoms with Gasteiger partial charge in [-0.1, -0.05) is 6.92 Å². The molecule has 3 heterocycles. The molecule has 3 N–H and O–H groups in total. The van der Waals surface area contributed by atoms with E-state index in [1.54, 1.807) is 17.7 Å². The summed E-state index contributed by atoms with van der Waals surface area (Å²) in [5.41, 5.74) is 2.78. The van der Waals surface area contributed by atoms with E-state index < -0.39 is 0 Å². The molecule has 3 rings (SSSR count). The molecule has 0 aromatic carbocycles. The van der Waals surface area contributed by atoms with Crippen molar-refractivity contribution in [3.05, 3.63) is 33.8 Å². The Morgan fingerprint density at radius 3 is 3.33 bits per heavy atom. The predicted molar refractivity (Wildman–Crippen MR) is 81.0 cm³/mol. The molecule has 0 aliphatic carbocycles. The van der Waals surface area contributed by atoms with E-state index in [4.69, 9.17) is 0 Å². The van der Waals surface area contributed by atoms with Crippen LogP contribution in [0.4, 0.5) is 0 Å². The van der Waals surface area contributed by atoms with Crippen LogP contribution in [0, 0.1) is 0 Å². The zero-order chi connectivity index (χ0) is 14.7. The summed E-state index contributed by atoms with van der Waals surface area (Å²) in [5.74, 6) is -0.0481. The summed E-state index contributed by atoms with van der Waals surface area (Å²) in [6, 6.07) is -0.367. The van der Waals surface area contributed by atoms with Crippen molar-refractivity contribution in [2.45, 2.75) is 38.8 Å². The lowest BCUT2D eigenvalue weighted by atomic mass is 10.1. The molecule has 1 aliphatic heterocycles. The van der Waals surface area contributed by atoms with Gasteiger partial charge in [0, 0.05) is 24.0 Å². The van der Waals surface area contributed by atoms with Crippen molar-refractivity contribution in [1.29, 1.82) is 0 Å². The number of amides is 1. The maximum atomic E-state index is 12.3. The SMILES string of the molecule is CCCc1nc(CNC(=O)[C@@H]2NCCc3[nH]cnc32)cs1. The van der Waals surface area contributed by atoms with Gasteiger partial charge in [0.15, 0.2) is 0 Å². The monoisotopic (exact) mass is 305 g/mol. The summed E-state index contributed by atoms with van der Waals surface area (Å²) in [4.78, 5) is 24.2. The molecule has 0 bridgehead atoms. The van der Waals surface area contributed by atoms with Crippen molar-refractivity contribution >= 4 is 17.2 Å². The number of hydrogen-bond acceptors (Lipinski definition) is 5. The normalized spacial score (nSPS) is 17.5. The number of H-pyrrole nitrogens is 1. The summed E-state index contributed by atoms with van der Waals surface area (Å²) < 4.78 is 0. The Morgan fingerprint density at radius 2 is 2.48 bits per heavy atom. The Morgan fingerprint density at radius 1 is 1.57 bits per heavy atom. The first kappa shape index (κ1) is 14.2. The molecule has 2 aromatic heterocycles. The molecule has 1 amide bonds. The Bertz CT molecular complexity index is 620. The van der Waals surface area contributed by atoms with Gasteiger partial charge >= 0.3 is 0 Å². The van der Waals surface area contributed by atoms with Crippen LogP contribution < -0.4 is 10.6 Å². The van der Waals surface area contributed by atoms with Gasteiger partial charge in [-0.15, -0.1) is 11.3 Å². The smallest absolute Gasteiger partial charge is 0.243 e. The number of aromatic nitrogens is 3. The highest BCUT2D eigenvalue weighted by atomic mass is 32.1. The van der Waals surface area contributed by atoms with Gasteiger partial charge in [0.1, 0.15) is 6.04 Å². The van der Waals surface area contributed by atoms with Gasteiger partial charge in [0.05, 0.1) is 29.3 Å². The van der Waals surface area contributed by atoms with Crippen molar-refractivity contribution in [3.8, 4) is 0 Å². The summed E-state index contributed by atoms with van der Waals surface area (Å²) in [6.45, 7) is 3.39. The van der Waals surface area contributed by atoms with Crippen molar-refractivity contribution in [2.75, 3.05) is 6.54 Å². The maximum Gasteiger partial charge on any atom is 0.243 e. The van der Waals surface area contributed by atoms with E-state index in [1.165, 1.54) is 0 Å². The lowest BCUT2D eigenvalue weighted by Gasteiger charge is -2.21. The van der Waals surface area contributed by atoms with Crippen molar-refractivity contribution in [2.24, 2.45) is 0 Å². The van der Waals surface area contributed by atoms with Crippen molar-refractivity contribution in [1.82, 2.24) is 25.6 Å². The van der Waals surface area contributed by atoms with Crippen LogP contribution in [0.5, 0.6) is 0 Å². The molecular weight excluding hydrogens is 286 g/mol. The highest BCUT2D eigenvalue weighted by Gasteiger charge is 2.28. The Hall–Kier alpha value is -1.73. The van der Waals surface area contributed by atoms with E-state index in [0.717, 1.165) is 47.9 Å². The molecule has 0 unspecified atom stereocenters. The fraction of sp³-hybridized carbons (Fsp3) is 0.500. The van der Waals surface area contributed by atoms with E-state index in [0.29, 0.717) is 6.54 Å². The van der Waals surface area contributed by atoms with E-state index in [2.05, 4.69) is 32.5 Å². The fourth-order valence-electron chi connectivity index (χ4n) is 2.47. The van der Waals surface area contributed by atoms with E-state index in [1.807, 2.05) is 5.38 Å². The summed E-state index contributed by atoms with van der Waals surface area (Å²) >= 11 is 1.66. The topological polar surface area (TPSA) is 82.7 Å². The molecule has 0 fully saturated rings. The molecule has 21 heavy (non-hydrogen) atoms. The van der Waals surface area contributed by atoms with Crippen molar-refractivity contribution in [3.63, 3.8) is 0 Å². The Balaban J connectivity index is 1.60. The lowest BCUT2D eigenvalue weighted by molar-refractivity contribution is -0.123. The van der Waals surface area contributed by atoms with Crippen LogP contribution in [0.25, 0.3) is 0 Å². The van der Waals surface area contributed by atoms with Gasteiger partial charge in [0.25, 0.3) is 0 Å². The van der Waals surface area contributed by atoms with Gasteiger partial charge < -0.3 is 15.6 Å². The fourth-order valence-corrected chi connectivity index (χ4v) is 3.37. The number of nitrogens with one attached hydrogen (secondary N) is 3. The van der Waals surface area contributed by atoms with Crippen LogP contribution in [-0.4, -0.2) is 27.4 Å². The maximum absolute atomic E-state index is 12.3. The number of imidazole rings is 1. The minimum Gasteiger partial charge on any atom is -0.349 e. The molecule has 0 radical (unpaired) electrons. The molecule has 1 aliphatic rings. The predicted octanol–water partition coefficient (Wildman–Crippen LogP) is 1.32. The van der Waals surface area contributed by atoms with Crippen LogP contribution in [0.1, 0.15) is 41.5 Å². The van der Waals surface area contributed by atoms with Gasteiger partial charge in [-0.25, -0.2) is 9.97 Å². The van der Waals surface area contributed by atoms with Gasteiger partial charge in [-0.3, -0.25) is 4.79 Å². The average molecular weight is 305 g/mol. The van der Waals surface area contributed by atoms with Gasteiger partial charge in [0.2, 0.25) is 5.91 Å². The first-order valence-electron chi connectivity index (χ1n) is 7.24. The molecule has 112 valence electrons. The zero-order valence-corrected chi connectivity index (χ0v) is 12.8. The molecule has 0 spiro atoms. The summed E-state index contributed by atoms with van der Waals surface area (Å²) in [5, 5.41) is 9.30. The summed E-state index contributed by atoms with van der Waals surface area (Å²) in [6.07, 6.45) is 4.62. The number of aromatic amines is 1. The quantitative estimate of drug-likeness (QED) is 0.778. The number of rotatable bonds is 5. The summed E-state index contributed by atoms with van der Waals surface area (Å²) in [7, 11) is 0. The minimum absolute atomic E-state index is 0.0481. The van der Waals surface area contributed by atoms with Crippen LogP contribution >= 0.6 is 11.3 Å². The Labute approximate surface area is 127 Å². The number of hydrogen-bond donors (Lipinski definition) is 3. The molecule has 0 saturated heterocycles. The second kappa shape index (κ2) is 6.36. The van der Waals surface area contributed by atoms with E-state index >= 15 is 0 Å². The Kier molecular flexibility index (Phi) is 4.31. The second-order valence-corrected chi connectivity index (χ2v) is 6.05. The lowest BCUT2D eigenvalue weighted by Crippen LogP contribution is -2.41. The molecule has 6 nitrogen and oxygen atoms in total. The number of aryl methyl sites for hydroxylation is 1. The zero-order valence-electron chi connectivity index (χ0n) is 12.0. The molecule has 7 heteroatoms. The number of carbonyl (C=O) groups is 1. The third kappa shape index (κ3) is 3.14. The van der Waals surface area contributed by atoms with Gasteiger partial charge in [-0.05, 0) is 12.8 Å². The third-order valence-corrected chi connectivity index (χ3v) is 4.48. The first-order valence-corrected chi connectivity index (χ1v) is 8.12. The standard InChI is InChI=1S/C14H19N5OS/c1-2-3-11-19-9(7-21-11)6-16-14(20)13-12-10(4-5-15-13)17-8-18-12/h7-8,13,15H,2-6H2,1H3,(H,16,20)(H,17,18)/t13-/m1/s1. The van der Waals surface area contributed by atoms with Crippen LogP contribution in [0.2, 0.25) is 0 Å². The highest BCUT2D eigenvalue weighted by Crippen LogP contribution is 2.19. The molecule has 0 saturated carbocycles.